The lowest BCUT2D eigenvalue weighted by Gasteiger charge is -2.13. The molecule has 0 aliphatic carbocycles. The first kappa shape index (κ1) is 15.6. The predicted molar refractivity (Wildman–Crippen MR) is 87.6 cm³/mol. The van der Waals surface area contributed by atoms with Gasteiger partial charge in [0.1, 0.15) is 0 Å². The first-order valence-corrected chi connectivity index (χ1v) is 8.25. The van der Waals surface area contributed by atoms with Crippen LogP contribution in [0.5, 0.6) is 0 Å². The number of likely N-dealkylation sites (tertiary alicyclic amines) is 1. The molecule has 0 unspecified atom stereocenters. The van der Waals surface area contributed by atoms with Gasteiger partial charge in [0.25, 0.3) is 0 Å². The summed E-state index contributed by atoms with van der Waals surface area (Å²) in [5.74, 6) is 0.657. The van der Waals surface area contributed by atoms with Gasteiger partial charge in [-0.1, -0.05) is 6.92 Å². The van der Waals surface area contributed by atoms with E-state index in [2.05, 4.69) is 22.0 Å². The quantitative estimate of drug-likeness (QED) is 0.848. The fourth-order valence-electron chi connectivity index (χ4n) is 3.04. The molecule has 0 radical (unpaired) electrons. The molecular formula is C17H23N5O. The van der Waals surface area contributed by atoms with Crippen molar-refractivity contribution < 1.29 is 4.79 Å². The highest BCUT2D eigenvalue weighted by Gasteiger charge is 2.24. The minimum atomic E-state index is 0.165. The Labute approximate surface area is 136 Å². The lowest BCUT2D eigenvalue weighted by molar-refractivity contribution is -0.127. The number of rotatable bonds is 5. The van der Waals surface area contributed by atoms with E-state index in [1.165, 1.54) is 0 Å². The average Bonchev–Trinajstić information content (AvgIpc) is 3.18. The molecule has 1 fully saturated rings. The molecule has 1 saturated heterocycles. The van der Waals surface area contributed by atoms with Crippen LogP contribution in [0.4, 0.5) is 0 Å². The van der Waals surface area contributed by atoms with Crippen molar-refractivity contribution in [2.24, 2.45) is 5.92 Å². The van der Waals surface area contributed by atoms with Gasteiger partial charge >= 0.3 is 0 Å². The molecule has 0 spiro atoms. The smallest absolute Gasteiger partial charge is 0.219 e. The molecule has 23 heavy (non-hydrogen) atoms. The van der Waals surface area contributed by atoms with Gasteiger partial charge in [-0.05, 0) is 25.2 Å². The van der Waals surface area contributed by atoms with E-state index in [-0.39, 0.29) is 5.91 Å². The van der Waals surface area contributed by atoms with E-state index >= 15 is 0 Å². The Morgan fingerprint density at radius 3 is 2.83 bits per heavy atom. The third kappa shape index (κ3) is 3.75. The highest BCUT2D eigenvalue weighted by molar-refractivity contribution is 5.73. The second kappa shape index (κ2) is 6.89. The summed E-state index contributed by atoms with van der Waals surface area (Å²) in [6, 6.07) is 0. The summed E-state index contributed by atoms with van der Waals surface area (Å²) in [7, 11) is 0. The minimum Gasteiger partial charge on any atom is -0.343 e. The molecule has 3 rings (SSSR count). The van der Waals surface area contributed by atoms with E-state index in [0.29, 0.717) is 5.92 Å². The summed E-state index contributed by atoms with van der Waals surface area (Å²) in [5, 5.41) is 4.32. The van der Waals surface area contributed by atoms with E-state index in [9.17, 15) is 4.79 Å². The second-order valence-corrected chi connectivity index (χ2v) is 6.21. The van der Waals surface area contributed by atoms with Crippen LogP contribution >= 0.6 is 0 Å². The summed E-state index contributed by atoms with van der Waals surface area (Å²) in [6.45, 7) is 6.38. The number of hydrogen-bond acceptors (Lipinski definition) is 4. The number of carbonyl (C=O) groups is 1. The van der Waals surface area contributed by atoms with Gasteiger partial charge in [0.15, 0.2) is 0 Å². The summed E-state index contributed by atoms with van der Waals surface area (Å²) in [4.78, 5) is 22.4. The maximum atomic E-state index is 11.4. The monoisotopic (exact) mass is 313 g/mol. The van der Waals surface area contributed by atoms with E-state index in [1.807, 2.05) is 34.4 Å². The van der Waals surface area contributed by atoms with Crippen molar-refractivity contribution >= 4 is 5.91 Å². The average molecular weight is 313 g/mol. The number of carbonyl (C=O) groups excluding carboxylic acids is 1. The van der Waals surface area contributed by atoms with Crippen LogP contribution < -0.4 is 0 Å². The van der Waals surface area contributed by atoms with Gasteiger partial charge in [-0.2, -0.15) is 5.10 Å². The van der Waals surface area contributed by atoms with Gasteiger partial charge in [-0.25, -0.2) is 0 Å². The normalized spacial score (nSPS) is 17.7. The van der Waals surface area contributed by atoms with Gasteiger partial charge < -0.3 is 4.90 Å². The van der Waals surface area contributed by atoms with Crippen LogP contribution in [0.2, 0.25) is 0 Å². The molecule has 6 nitrogen and oxygen atoms in total. The van der Waals surface area contributed by atoms with Crippen molar-refractivity contribution in [3.8, 4) is 11.3 Å². The molecule has 0 aromatic carbocycles. The van der Waals surface area contributed by atoms with Crippen LogP contribution in [0.25, 0.3) is 11.3 Å². The van der Waals surface area contributed by atoms with Crippen LogP contribution in [0.3, 0.4) is 0 Å². The lowest BCUT2D eigenvalue weighted by atomic mass is 10.0. The zero-order valence-corrected chi connectivity index (χ0v) is 13.8. The molecule has 2 aromatic rings. The lowest BCUT2D eigenvalue weighted by Crippen LogP contribution is -2.26. The Kier molecular flexibility index (Phi) is 4.69. The van der Waals surface area contributed by atoms with Gasteiger partial charge in [-0.15, -0.1) is 0 Å². The van der Waals surface area contributed by atoms with Gasteiger partial charge in [-0.3, -0.25) is 19.4 Å². The zero-order chi connectivity index (χ0) is 16.2. The van der Waals surface area contributed by atoms with E-state index < -0.39 is 0 Å². The van der Waals surface area contributed by atoms with Gasteiger partial charge in [0, 0.05) is 44.5 Å². The van der Waals surface area contributed by atoms with Gasteiger partial charge in [0.2, 0.25) is 5.91 Å². The summed E-state index contributed by atoms with van der Waals surface area (Å²) < 4.78 is 1.93. The molecule has 0 bridgehead atoms. The van der Waals surface area contributed by atoms with Crippen molar-refractivity contribution in [1.82, 2.24) is 24.6 Å². The van der Waals surface area contributed by atoms with Crippen molar-refractivity contribution in [1.29, 1.82) is 0 Å². The van der Waals surface area contributed by atoms with Crippen LogP contribution in [0, 0.1) is 5.92 Å². The van der Waals surface area contributed by atoms with Crippen LogP contribution in [-0.2, 0) is 17.8 Å². The largest absolute Gasteiger partial charge is 0.343 e. The van der Waals surface area contributed by atoms with Crippen molar-refractivity contribution in [2.45, 2.75) is 39.7 Å². The van der Waals surface area contributed by atoms with Crippen molar-refractivity contribution in [3.63, 3.8) is 0 Å². The molecule has 1 aliphatic heterocycles. The number of nitrogens with zero attached hydrogens (tertiary/aromatic N) is 5. The maximum absolute atomic E-state index is 11.4. The SMILES string of the molecule is CCCn1cc(-c2cnc(C[C@@H]3CCN(C(C)=O)C3)cn2)cn1. The first-order chi connectivity index (χ1) is 11.2. The van der Waals surface area contributed by atoms with E-state index in [1.54, 1.807) is 6.92 Å². The van der Waals surface area contributed by atoms with Gasteiger partial charge in [0.05, 0.1) is 23.8 Å². The predicted octanol–water partition coefficient (Wildman–Crippen LogP) is 2.16. The van der Waals surface area contributed by atoms with Crippen LogP contribution in [0.1, 0.15) is 32.4 Å². The molecule has 6 heteroatoms. The fourth-order valence-corrected chi connectivity index (χ4v) is 3.04. The molecular weight excluding hydrogens is 290 g/mol. The molecule has 2 aromatic heterocycles. The number of aromatic nitrogens is 4. The topological polar surface area (TPSA) is 63.9 Å². The third-order valence-corrected chi connectivity index (χ3v) is 4.32. The van der Waals surface area contributed by atoms with Crippen LogP contribution in [0.15, 0.2) is 24.8 Å². The van der Waals surface area contributed by atoms with Crippen LogP contribution in [-0.4, -0.2) is 43.6 Å². The van der Waals surface area contributed by atoms with Crippen molar-refractivity contribution in [2.75, 3.05) is 13.1 Å². The number of amides is 1. The Balaban J connectivity index is 1.62. The first-order valence-electron chi connectivity index (χ1n) is 8.25. The summed E-state index contributed by atoms with van der Waals surface area (Å²) in [6.07, 6.45) is 10.5. The van der Waals surface area contributed by atoms with Crippen molar-refractivity contribution in [3.05, 3.63) is 30.5 Å². The maximum Gasteiger partial charge on any atom is 0.219 e. The highest BCUT2D eigenvalue weighted by atomic mass is 16.2. The van der Waals surface area contributed by atoms with E-state index in [4.69, 9.17) is 0 Å². The second-order valence-electron chi connectivity index (χ2n) is 6.21. The Hall–Kier alpha value is -2.24. The zero-order valence-electron chi connectivity index (χ0n) is 13.8. The summed E-state index contributed by atoms with van der Waals surface area (Å²) in [5.41, 5.74) is 2.85. The third-order valence-electron chi connectivity index (χ3n) is 4.32. The Morgan fingerprint density at radius 1 is 1.30 bits per heavy atom. The Morgan fingerprint density at radius 2 is 2.17 bits per heavy atom. The summed E-state index contributed by atoms with van der Waals surface area (Å²) >= 11 is 0. The molecule has 122 valence electrons. The number of aryl methyl sites for hydroxylation is 1. The Bertz CT molecular complexity index is 664. The molecule has 1 atom stereocenters. The molecule has 1 amide bonds. The standard InChI is InChI=1S/C17H23N5O/c1-3-5-22-12-15(8-20-22)17-10-18-16(9-19-17)7-14-4-6-21(11-14)13(2)23/h8-10,12,14H,3-7,11H2,1-2H3/t14-/m0/s1. The number of hydrogen-bond donors (Lipinski definition) is 0. The minimum absolute atomic E-state index is 0.165. The molecule has 3 heterocycles. The van der Waals surface area contributed by atoms with E-state index in [0.717, 1.165) is 55.8 Å². The highest BCUT2D eigenvalue weighted by Crippen LogP contribution is 2.21. The fraction of sp³-hybridized carbons (Fsp3) is 0.529. The molecule has 0 saturated carbocycles. The molecule has 1 aliphatic rings. The molecule has 0 N–H and O–H groups in total.